The van der Waals surface area contributed by atoms with Crippen LogP contribution in [-0.4, -0.2) is 70.8 Å². The molecule has 47 heavy (non-hydrogen) atoms. The van der Waals surface area contributed by atoms with E-state index in [9.17, 15) is 52.8 Å². The first kappa shape index (κ1) is 34.7. The Morgan fingerprint density at radius 3 is 1.34 bits per heavy atom. The molecule has 0 aliphatic rings. The van der Waals surface area contributed by atoms with Crippen LogP contribution in [0.15, 0.2) is 71.0 Å². The molecule has 0 bridgehead atoms. The highest BCUT2D eigenvalue weighted by Gasteiger charge is 2.33. The van der Waals surface area contributed by atoms with Crippen molar-refractivity contribution >= 4 is 44.0 Å². The normalized spacial score (nSPS) is 13.0. The zero-order chi connectivity index (χ0) is 34.9. The smallest absolute Gasteiger partial charge is 0.387 e. The van der Waals surface area contributed by atoms with E-state index in [4.69, 9.17) is 0 Å². The lowest BCUT2D eigenvalue weighted by Crippen LogP contribution is -2.08. The van der Waals surface area contributed by atoms with E-state index >= 15 is 0 Å². The first-order valence-corrected chi connectivity index (χ1v) is 16.2. The van der Waals surface area contributed by atoms with Gasteiger partial charge in [-0.2, -0.15) is 26.3 Å². The van der Waals surface area contributed by atoms with E-state index < -0.39 is 64.9 Å². The van der Waals surface area contributed by atoms with Crippen LogP contribution < -0.4 is 0 Å². The van der Waals surface area contributed by atoms with E-state index in [0.29, 0.717) is 36.4 Å². The summed E-state index contributed by atoms with van der Waals surface area (Å²) in [6.45, 7) is 0. The number of esters is 2. The average Bonchev–Trinajstić information content (AvgIpc) is 3.63. The summed E-state index contributed by atoms with van der Waals surface area (Å²) in [5.74, 6) is -3.09. The zero-order valence-corrected chi connectivity index (χ0v) is 25.2. The molecular formula is C26H18F6N6O7S2. The Hall–Kier alpha value is -5.18. The van der Waals surface area contributed by atoms with Gasteiger partial charge in [0.05, 0.1) is 20.9 Å². The summed E-state index contributed by atoms with van der Waals surface area (Å²) in [4.78, 5) is 30.4. The van der Waals surface area contributed by atoms with Crippen molar-refractivity contribution in [3.05, 3.63) is 72.3 Å². The highest BCUT2D eigenvalue weighted by atomic mass is 32.2. The number of carbonyl (C=O) groups is 2. The number of hydrogen-bond donors (Lipinski definition) is 0. The quantitative estimate of drug-likeness (QED) is 0.113. The van der Waals surface area contributed by atoms with Crippen LogP contribution in [0.3, 0.4) is 0 Å². The Labute approximate surface area is 260 Å². The van der Waals surface area contributed by atoms with E-state index in [-0.39, 0.29) is 22.8 Å². The molecule has 248 valence electrons. The van der Waals surface area contributed by atoms with E-state index in [1.807, 2.05) is 0 Å². The number of rotatable bonds is 8. The molecule has 4 rings (SSSR count). The van der Waals surface area contributed by atoms with Gasteiger partial charge in [0.25, 0.3) is 0 Å². The highest BCUT2D eigenvalue weighted by Crippen LogP contribution is 2.35. The van der Waals surface area contributed by atoms with Crippen LogP contribution >= 0.6 is 0 Å². The maximum Gasteiger partial charge on any atom is 0.416 e. The van der Waals surface area contributed by atoms with Crippen molar-refractivity contribution in [3.63, 3.8) is 0 Å². The Morgan fingerprint density at radius 2 is 1.02 bits per heavy atom. The summed E-state index contributed by atoms with van der Waals surface area (Å²) in [6.07, 6.45) is -3.04. The Bertz CT molecular complexity index is 2000. The minimum atomic E-state index is -4.87. The SMILES string of the molecule is CS(=O)(=O)c1cc(-c2ncn(/C=C\C(=O)OC(=O)/C=C\n3cnc(-c4cc(C(F)(F)F)cc(S(C)(=O)=O)c4)n3)n2)cc(C(F)(F)F)c1. The molecule has 0 amide bonds. The topological polar surface area (TPSA) is 173 Å². The number of nitrogens with zero attached hydrogens (tertiary/aromatic N) is 6. The van der Waals surface area contributed by atoms with Gasteiger partial charge in [-0.05, 0) is 36.4 Å². The summed E-state index contributed by atoms with van der Waals surface area (Å²) in [5, 5.41) is 7.71. The summed E-state index contributed by atoms with van der Waals surface area (Å²) in [6, 6.07) is 4.09. The molecule has 2 aromatic carbocycles. The molecule has 0 atom stereocenters. The van der Waals surface area contributed by atoms with Crippen molar-refractivity contribution in [1.29, 1.82) is 0 Å². The van der Waals surface area contributed by atoms with Crippen molar-refractivity contribution in [2.75, 3.05) is 12.5 Å². The summed E-state index contributed by atoms with van der Waals surface area (Å²) in [7, 11) is -8.06. The summed E-state index contributed by atoms with van der Waals surface area (Å²) < 4.78 is 134. The van der Waals surface area contributed by atoms with Gasteiger partial charge in [0.2, 0.25) is 0 Å². The number of benzene rings is 2. The fraction of sp³-hybridized carbons (Fsp3) is 0.154. The van der Waals surface area contributed by atoms with E-state index in [1.165, 1.54) is 0 Å². The molecule has 0 fully saturated rings. The van der Waals surface area contributed by atoms with Crippen molar-refractivity contribution in [3.8, 4) is 22.8 Å². The molecule has 2 aromatic heterocycles. The molecular weight excluding hydrogens is 686 g/mol. The second-order valence-electron chi connectivity index (χ2n) is 9.50. The molecule has 0 N–H and O–H groups in total. The first-order chi connectivity index (χ1) is 21.6. The van der Waals surface area contributed by atoms with E-state index in [1.54, 1.807) is 0 Å². The van der Waals surface area contributed by atoms with Gasteiger partial charge in [-0.1, -0.05) is 0 Å². The van der Waals surface area contributed by atoms with Crippen molar-refractivity contribution in [2.24, 2.45) is 0 Å². The molecule has 0 saturated heterocycles. The summed E-state index contributed by atoms with van der Waals surface area (Å²) in [5.41, 5.74) is -3.07. The third kappa shape index (κ3) is 8.97. The number of alkyl halides is 6. The van der Waals surface area contributed by atoms with Crippen molar-refractivity contribution in [1.82, 2.24) is 29.5 Å². The van der Waals surface area contributed by atoms with Gasteiger partial charge in [0.1, 0.15) is 12.7 Å². The predicted molar refractivity (Wildman–Crippen MR) is 149 cm³/mol. The standard InChI is InChI=1S/C26H18F6N6O7S2/c1-46(41,42)19-9-15(7-17(11-19)25(27,28)29)23-33-13-37(35-23)5-3-21(39)45-22(40)4-6-38-14-34-24(36-38)16-8-18(26(30,31)32)12-20(10-16)47(2,43)44/h3-14H,1-2H3/b5-3-,6-4-. The monoisotopic (exact) mass is 704 g/mol. The molecule has 4 aromatic rings. The Kier molecular flexibility index (Phi) is 9.26. The lowest BCUT2D eigenvalue weighted by molar-refractivity contribution is -0.152. The predicted octanol–water partition coefficient (Wildman–Crippen LogP) is 3.76. The summed E-state index contributed by atoms with van der Waals surface area (Å²) >= 11 is 0. The number of halogens is 6. The van der Waals surface area contributed by atoms with E-state index in [2.05, 4.69) is 24.9 Å². The Morgan fingerprint density at radius 1 is 0.660 bits per heavy atom. The zero-order valence-electron chi connectivity index (χ0n) is 23.6. The van der Waals surface area contributed by atoms with E-state index in [0.717, 1.165) is 59.1 Å². The number of sulfone groups is 2. The second-order valence-corrected chi connectivity index (χ2v) is 13.5. The van der Waals surface area contributed by atoms with Crippen LogP contribution in [-0.2, 0) is 46.4 Å². The molecule has 13 nitrogen and oxygen atoms in total. The number of hydrogen-bond acceptors (Lipinski definition) is 11. The third-order valence-electron chi connectivity index (χ3n) is 5.79. The van der Waals surface area contributed by atoms with Gasteiger partial charge in [-0.25, -0.2) is 45.8 Å². The number of aromatic nitrogens is 6. The fourth-order valence-electron chi connectivity index (χ4n) is 3.61. The molecule has 21 heteroatoms. The van der Waals surface area contributed by atoms with Gasteiger partial charge in [0, 0.05) is 48.2 Å². The van der Waals surface area contributed by atoms with Crippen LogP contribution in [0.5, 0.6) is 0 Å². The van der Waals surface area contributed by atoms with Gasteiger partial charge in [-0.15, -0.1) is 10.2 Å². The molecule has 0 aliphatic heterocycles. The largest absolute Gasteiger partial charge is 0.416 e. The van der Waals surface area contributed by atoms with Crippen LogP contribution in [0.2, 0.25) is 0 Å². The van der Waals surface area contributed by atoms with Crippen LogP contribution in [0.4, 0.5) is 26.3 Å². The maximum atomic E-state index is 13.3. The van der Waals surface area contributed by atoms with Crippen molar-refractivity contribution in [2.45, 2.75) is 22.1 Å². The average molecular weight is 705 g/mol. The fourth-order valence-corrected chi connectivity index (χ4v) is 4.98. The third-order valence-corrected chi connectivity index (χ3v) is 7.97. The second kappa shape index (κ2) is 12.5. The van der Waals surface area contributed by atoms with Crippen LogP contribution in [0, 0.1) is 0 Å². The first-order valence-electron chi connectivity index (χ1n) is 12.4. The molecule has 0 unspecified atom stereocenters. The van der Waals surface area contributed by atoms with Gasteiger partial charge in [0.15, 0.2) is 31.3 Å². The van der Waals surface area contributed by atoms with Gasteiger partial charge in [-0.3, -0.25) is 0 Å². The minimum Gasteiger partial charge on any atom is -0.387 e. The lowest BCUT2D eigenvalue weighted by Gasteiger charge is -2.10. The van der Waals surface area contributed by atoms with Crippen LogP contribution in [0.25, 0.3) is 35.2 Å². The number of ether oxygens (including phenoxy) is 1. The van der Waals surface area contributed by atoms with Gasteiger partial charge < -0.3 is 4.74 Å². The van der Waals surface area contributed by atoms with Crippen LogP contribution in [0.1, 0.15) is 11.1 Å². The molecule has 2 heterocycles. The number of carbonyl (C=O) groups excluding carboxylic acids is 2. The lowest BCUT2D eigenvalue weighted by atomic mass is 10.1. The Balaban J connectivity index is 1.44. The minimum absolute atomic E-state index is 0.282. The molecule has 0 radical (unpaired) electrons. The molecule has 0 saturated carbocycles. The molecule has 0 spiro atoms. The van der Waals surface area contributed by atoms with Gasteiger partial charge >= 0.3 is 24.3 Å². The van der Waals surface area contributed by atoms with Crippen molar-refractivity contribution < 1.29 is 57.5 Å². The maximum absolute atomic E-state index is 13.3. The molecule has 0 aliphatic carbocycles. The highest BCUT2D eigenvalue weighted by molar-refractivity contribution is 7.91.